The molecule has 3 rings (SSSR count). The van der Waals surface area contributed by atoms with Crippen LogP contribution in [0.5, 0.6) is 0 Å². The lowest BCUT2D eigenvalue weighted by molar-refractivity contribution is -0.141. The SMILES string of the molecule is C=C1C(=O)O[C@H]2C/C(COC(=O)/C(C)=C/C)=C/CC[C@]3(C)O[C@@H]3[C@@H](O)[C@H]12. The summed E-state index contributed by atoms with van der Waals surface area (Å²) in [5, 5.41) is 10.7. The topological polar surface area (TPSA) is 85.4 Å². The molecule has 0 aromatic carbocycles. The Morgan fingerprint density at radius 1 is 1.54 bits per heavy atom. The number of fused-ring (bicyclic) bond motifs is 2. The molecule has 6 nitrogen and oxygen atoms in total. The molecule has 5 atom stereocenters. The number of carbonyl (C=O) groups excluding carboxylic acids is 2. The van der Waals surface area contributed by atoms with E-state index in [1.54, 1.807) is 19.9 Å². The second-order valence-corrected chi connectivity index (χ2v) is 7.49. The predicted molar refractivity (Wildman–Crippen MR) is 94.1 cm³/mol. The van der Waals surface area contributed by atoms with Gasteiger partial charge in [0, 0.05) is 17.6 Å². The number of esters is 2. The molecule has 0 aromatic heterocycles. The van der Waals surface area contributed by atoms with Gasteiger partial charge in [0.1, 0.15) is 18.8 Å². The van der Waals surface area contributed by atoms with Gasteiger partial charge in [0.15, 0.2) is 0 Å². The van der Waals surface area contributed by atoms with Crippen molar-refractivity contribution in [3.63, 3.8) is 0 Å². The lowest BCUT2D eigenvalue weighted by atomic mass is 9.82. The summed E-state index contributed by atoms with van der Waals surface area (Å²) in [4.78, 5) is 23.9. The maximum absolute atomic E-state index is 12.0. The van der Waals surface area contributed by atoms with Crippen molar-refractivity contribution >= 4 is 11.9 Å². The van der Waals surface area contributed by atoms with Gasteiger partial charge in [-0.25, -0.2) is 9.59 Å². The normalized spacial score (nSPS) is 39.2. The Balaban J connectivity index is 1.79. The Morgan fingerprint density at radius 3 is 2.96 bits per heavy atom. The van der Waals surface area contributed by atoms with Gasteiger partial charge in [0.2, 0.25) is 0 Å². The average molecular weight is 362 g/mol. The zero-order valence-corrected chi connectivity index (χ0v) is 15.5. The van der Waals surface area contributed by atoms with Crippen LogP contribution in [0.1, 0.15) is 40.0 Å². The van der Waals surface area contributed by atoms with Gasteiger partial charge in [-0.05, 0) is 39.2 Å². The van der Waals surface area contributed by atoms with E-state index in [2.05, 4.69) is 6.58 Å². The fourth-order valence-corrected chi connectivity index (χ4v) is 3.73. The van der Waals surface area contributed by atoms with Crippen LogP contribution in [0.25, 0.3) is 0 Å². The van der Waals surface area contributed by atoms with E-state index in [0.29, 0.717) is 12.0 Å². The van der Waals surface area contributed by atoms with Crippen LogP contribution in [0, 0.1) is 5.92 Å². The molecule has 2 fully saturated rings. The van der Waals surface area contributed by atoms with Gasteiger partial charge < -0.3 is 19.3 Å². The van der Waals surface area contributed by atoms with Crippen LogP contribution in [-0.2, 0) is 23.8 Å². The molecular weight excluding hydrogens is 336 g/mol. The number of hydrogen-bond acceptors (Lipinski definition) is 6. The van der Waals surface area contributed by atoms with E-state index in [1.165, 1.54) is 0 Å². The molecule has 0 aromatic rings. The minimum Gasteiger partial charge on any atom is -0.458 e. The molecular formula is C20H26O6. The van der Waals surface area contributed by atoms with Crippen LogP contribution >= 0.6 is 0 Å². The maximum Gasteiger partial charge on any atom is 0.334 e. The van der Waals surface area contributed by atoms with Crippen LogP contribution in [-0.4, -0.2) is 47.6 Å². The van der Waals surface area contributed by atoms with E-state index < -0.39 is 29.7 Å². The molecule has 0 unspecified atom stereocenters. The van der Waals surface area contributed by atoms with Crippen molar-refractivity contribution in [1.29, 1.82) is 0 Å². The van der Waals surface area contributed by atoms with Gasteiger partial charge in [-0.2, -0.15) is 0 Å². The number of carbonyl (C=O) groups is 2. The van der Waals surface area contributed by atoms with Gasteiger partial charge in [0.05, 0.1) is 17.6 Å². The zero-order chi connectivity index (χ0) is 19.1. The molecule has 0 radical (unpaired) electrons. The summed E-state index contributed by atoms with van der Waals surface area (Å²) >= 11 is 0. The van der Waals surface area contributed by atoms with Gasteiger partial charge in [-0.15, -0.1) is 0 Å². The van der Waals surface area contributed by atoms with Crippen molar-refractivity contribution in [2.24, 2.45) is 5.92 Å². The number of hydrogen-bond donors (Lipinski definition) is 1. The summed E-state index contributed by atoms with van der Waals surface area (Å²) in [6, 6.07) is 0. The predicted octanol–water partition coefficient (Wildman–Crippen LogP) is 2.22. The molecule has 0 spiro atoms. The van der Waals surface area contributed by atoms with Crippen LogP contribution in [0.2, 0.25) is 0 Å². The van der Waals surface area contributed by atoms with E-state index in [1.807, 2.05) is 13.0 Å². The van der Waals surface area contributed by atoms with E-state index in [0.717, 1.165) is 18.4 Å². The third-order valence-corrected chi connectivity index (χ3v) is 5.62. The molecule has 2 heterocycles. The fourth-order valence-electron chi connectivity index (χ4n) is 3.73. The maximum atomic E-state index is 12.0. The lowest BCUT2D eigenvalue weighted by Gasteiger charge is -2.24. The summed E-state index contributed by atoms with van der Waals surface area (Å²) in [5.41, 5.74) is 1.28. The first-order valence-electron chi connectivity index (χ1n) is 9.00. The quantitative estimate of drug-likeness (QED) is 0.359. The number of epoxide rings is 1. The third kappa shape index (κ3) is 3.48. The molecule has 2 aliphatic heterocycles. The van der Waals surface area contributed by atoms with Crippen LogP contribution < -0.4 is 0 Å². The Morgan fingerprint density at radius 2 is 2.27 bits per heavy atom. The van der Waals surface area contributed by atoms with E-state index >= 15 is 0 Å². The number of aliphatic hydroxyl groups is 1. The monoisotopic (exact) mass is 362 g/mol. The number of rotatable bonds is 3. The van der Waals surface area contributed by atoms with Crippen molar-refractivity contribution in [3.8, 4) is 0 Å². The first-order valence-corrected chi connectivity index (χ1v) is 9.00. The second-order valence-electron chi connectivity index (χ2n) is 7.49. The Bertz CT molecular complexity index is 690. The van der Waals surface area contributed by atoms with E-state index in [4.69, 9.17) is 14.2 Å². The van der Waals surface area contributed by atoms with Crippen LogP contribution in [0.15, 0.2) is 35.5 Å². The zero-order valence-electron chi connectivity index (χ0n) is 15.5. The largest absolute Gasteiger partial charge is 0.458 e. The first kappa shape index (κ1) is 18.9. The minimum atomic E-state index is -0.837. The summed E-state index contributed by atoms with van der Waals surface area (Å²) in [5.74, 6) is -1.36. The highest BCUT2D eigenvalue weighted by Gasteiger charge is 2.60. The van der Waals surface area contributed by atoms with Crippen LogP contribution in [0.3, 0.4) is 0 Å². The summed E-state index contributed by atoms with van der Waals surface area (Å²) in [6.07, 6.45) is 3.93. The van der Waals surface area contributed by atoms with Crippen molar-refractivity contribution < 1.29 is 28.9 Å². The lowest BCUT2D eigenvalue weighted by Crippen LogP contribution is -2.36. The molecule has 1 aliphatic carbocycles. The number of aliphatic hydroxyl groups excluding tert-OH is 1. The summed E-state index contributed by atoms with van der Waals surface area (Å²) < 4.78 is 16.5. The molecule has 26 heavy (non-hydrogen) atoms. The number of ether oxygens (including phenoxy) is 3. The summed E-state index contributed by atoms with van der Waals surface area (Å²) in [7, 11) is 0. The van der Waals surface area contributed by atoms with Gasteiger partial charge in [-0.3, -0.25) is 0 Å². The van der Waals surface area contributed by atoms with E-state index in [-0.39, 0.29) is 24.3 Å². The molecule has 6 heteroatoms. The summed E-state index contributed by atoms with van der Waals surface area (Å²) in [6.45, 7) is 9.37. The Labute approximate surface area is 153 Å². The highest BCUT2D eigenvalue weighted by molar-refractivity contribution is 5.91. The van der Waals surface area contributed by atoms with Crippen molar-refractivity contribution in [2.45, 2.75) is 63.9 Å². The molecule has 0 bridgehead atoms. The molecule has 1 N–H and O–H groups in total. The Kier molecular flexibility index (Phi) is 5.08. The van der Waals surface area contributed by atoms with Gasteiger partial charge in [-0.1, -0.05) is 18.7 Å². The van der Waals surface area contributed by atoms with Gasteiger partial charge in [0.25, 0.3) is 0 Å². The average Bonchev–Trinajstić information content (AvgIpc) is 3.20. The first-order chi connectivity index (χ1) is 12.3. The highest BCUT2D eigenvalue weighted by Crippen LogP contribution is 2.48. The van der Waals surface area contributed by atoms with E-state index in [9.17, 15) is 14.7 Å². The number of allylic oxidation sites excluding steroid dienone is 2. The molecule has 142 valence electrons. The Hall–Kier alpha value is -1.92. The smallest absolute Gasteiger partial charge is 0.334 e. The van der Waals surface area contributed by atoms with Gasteiger partial charge >= 0.3 is 11.9 Å². The second kappa shape index (κ2) is 7.00. The van der Waals surface area contributed by atoms with Crippen molar-refractivity contribution in [3.05, 3.63) is 35.5 Å². The molecule has 0 saturated carbocycles. The molecule has 0 amide bonds. The third-order valence-electron chi connectivity index (χ3n) is 5.62. The fraction of sp³-hybridized carbons (Fsp3) is 0.600. The molecule has 3 aliphatic rings. The van der Waals surface area contributed by atoms with Crippen molar-refractivity contribution in [2.75, 3.05) is 6.61 Å². The minimum absolute atomic E-state index is 0.133. The standard InChI is InChI=1S/C20H26O6/c1-5-11(2)18(22)24-10-13-7-6-8-20(4)17(26-20)16(21)15-12(3)19(23)25-14(15)9-13/h5,7,14-17,21H,3,6,8-10H2,1-2,4H3/b11-5+,13-7-/t14-,15+,16-,17+,20-/m0/s1. The van der Waals surface area contributed by atoms with Crippen molar-refractivity contribution in [1.82, 2.24) is 0 Å². The highest BCUT2D eigenvalue weighted by atomic mass is 16.6. The molecule has 2 saturated heterocycles. The van der Waals surface area contributed by atoms with Crippen LogP contribution in [0.4, 0.5) is 0 Å².